The predicted octanol–water partition coefficient (Wildman–Crippen LogP) is 1.06. The minimum atomic E-state index is -3.26. The first-order chi connectivity index (χ1) is 10.3. The number of hydrogen-bond acceptors (Lipinski definition) is 5. The lowest BCUT2D eigenvalue weighted by Crippen LogP contribution is -2.46. The Labute approximate surface area is 131 Å². The van der Waals surface area contributed by atoms with Crippen LogP contribution in [0.4, 0.5) is 5.69 Å². The number of carbonyl (C=O) groups is 1. The van der Waals surface area contributed by atoms with Crippen molar-refractivity contribution >= 4 is 21.4 Å². The van der Waals surface area contributed by atoms with Crippen LogP contribution in [0.2, 0.25) is 0 Å². The van der Waals surface area contributed by atoms with Crippen LogP contribution in [0.5, 0.6) is 0 Å². The Hall–Kier alpha value is -1.60. The maximum Gasteiger partial charge on any atom is 0.242 e. The summed E-state index contributed by atoms with van der Waals surface area (Å²) >= 11 is 0. The second-order valence-corrected chi connectivity index (χ2v) is 7.64. The van der Waals surface area contributed by atoms with Gasteiger partial charge in [-0.25, -0.2) is 8.42 Å². The smallest absolute Gasteiger partial charge is 0.242 e. The van der Waals surface area contributed by atoms with Crippen LogP contribution >= 0.6 is 0 Å². The normalized spacial score (nSPS) is 19.0. The number of carbonyl (C=O) groups excluding carboxylic acids is 1. The molecule has 2 rings (SSSR count). The van der Waals surface area contributed by atoms with Gasteiger partial charge in [0.05, 0.1) is 24.2 Å². The van der Waals surface area contributed by atoms with Gasteiger partial charge in [0.1, 0.15) is 0 Å². The van der Waals surface area contributed by atoms with Gasteiger partial charge < -0.3 is 15.0 Å². The number of hydrogen-bond donors (Lipinski definition) is 1. The lowest BCUT2D eigenvalue weighted by atomic mass is 10.2. The van der Waals surface area contributed by atoms with E-state index in [0.717, 1.165) is 5.56 Å². The zero-order chi connectivity index (χ0) is 16.3. The molecule has 0 spiro atoms. The lowest BCUT2D eigenvalue weighted by molar-refractivity contribution is -0.136. The third-order valence-electron chi connectivity index (χ3n) is 3.66. The summed E-state index contributed by atoms with van der Waals surface area (Å²) in [4.78, 5) is 14.2. The Kier molecular flexibility index (Phi) is 5.08. The van der Waals surface area contributed by atoms with Crippen molar-refractivity contribution in [2.45, 2.75) is 24.8 Å². The van der Waals surface area contributed by atoms with Crippen molar-refractivity contribution in [3.8, 4) is 0 Å². The van der Waals surface area contributed by atoms with Crippen LogP contribution < -0.4 is 5.32 Å². The molecule has 0 bridgehead atoms. The highest BCUT2D eigenvalue weighted by Crippen LogP contribution is 2.20. The second-order valence-electron chi connectivity index (χ2n) is 5.62. The summed E-state index contributed by atoms with van der Waals surface area (Å²) in [6.07, 6.45) is 1.22. The molecule has 1 atom stereocenters. The fourth-order valence-electron chi connectivity index (χ4n) is 2.35. The van der Waals surface area contributed by atoms with Gasteiger partial charge >= 0.3 is 0 Å². The number of nitrogens with zero attached hydrogens (tertiary/aromatic N) is 1. The fourth-order valence-corrected chi connectivity index (χ4v) is 3.00. The van der Waals surface area contributed by atoms with Gasteiger partial charge in [-0.05, 0) is 31.5 Å². The third-order valence-corrected chi connectivity index (χ3v) is 4.77. The summed E-state index contributed by atoms with van der Waals surface area (Å²) in [7, 11) is -3.26. The average Bonchev–Trinajstić information content (AvgIpc) is 2.44. The quantitative estimate of drug-likeness (QED) is 0.895. The van der Waals surface area contributed by atoms with Crippen molar-refractivity contribution in [3.05, 3.63) is 23.8 Å². The highest BCUT2D eigenvalue weighted by Gasteiger charge is 2.21. The van der Waals surface area contributed by atoms with Crippen LogP contribution in [0.3, 0.4) is 0 Å². The molecule has 1 N–H and O–H groups in total. The van der Waals surface area contributed by atoms with E-state index in [0.29, 0.717) is 25.4 Å². The summed E-state index contributed by atoms with van der Waals surface area (Å²) < 4.78 is 28.6. The van der Waals surface area contributed by atoms with E-state index in [1.165, 1.54) is 6.26 Å². The molecule has 1 aliphatic heterocycles. The summed E-state index contributed by atoms with van der Waals surface area (Å²) in [6, 6.07) is 4.88. The zero-order valence-corrected chi connectivity index (χ0v) is 13.9. The van der Waals surface area contributed by atoms with Crippen molar-refractivity contribution in [2.24, 2.45) is 0 Å². The van der Waals surface area contributed by atoms with E-state index in [9.17, 15) is 13.2 Å². The van der Waals surface area contributed by atoms with Gasteiger partial charge in [-0.2, -0.15) is 0 Å². The maximum absolute atomic E-state index is 12.2. The highest BCUT2D eigenvalue weighted by molar-refractivity contribution is 7.90. The van der Waals surface area contributed by atoms with E-state index in [-0.39, 0.29) is 23.5 Å². The van der Waals surface area contributed by atoms with Crippen LogP contribution in [-0.4, -0.2) is 57.8 Å². The van der Waals surface area contributed by atoms with E-state index in [4.69, 9.17) is 4.74 Å². The molecule has 1 amide bonds. The monoisotopic (exact) mass is 326 g/mol. The summed E-state index contributed by atoms with van der Waals surface area (Å²) in [5.74, 6) is -0.0145. The SMILES string of the molecule is Cc1ccc(S(C)(=O)=O)cc1NCC(=O)N1CCO[C@H](C)C1. The van der Waals surface area contributed by atoms with E-state index >= 15 is 0 Å². The fraction of sp³-hybridized carbons (Fsp3) is 0.533. The van der Waals surface area contributed by atoms with Gasteiger partial charge in [0.15, 0.2) is 9.84 Å². The first-order valence-corrected chi connectivity index (χ1v) is 9.10. The van der Waals surface area contributed by atoms with Crippen molar-refractivity contribution in [2.75, 3.05) is 37.8 Å². The number of rotatable bonds is 4. The van der Waals surface area contributed by atoms with E-state index in [1.807, 2.05) is 13.8 Å². The molecule has 0 aliphatic carbocycles. The average molecular weight is 326 g/mol. The minimum Gasteiger partial charge on any atom is -0.376 e. The first kappa shape index (κ1) is 16.8. The molecule has 7 heteroatoms. The number of aryl methyl sites for hydroxylation is 1. The van der Waals surface area contributed by atoms with Gasteiger partial charge in [-0.1, -0.05) is 6.07 Å². The maximum atomic E-state index is 12.2. The molecule has 122 valence electrons. The number of nitrogens with one attached hydrogen (secondary N) is 1. The number of morpholine rings is 1. The summed E-state index contributed by atoms with van der Waals surface area (Å²) in [5, 5.41) is 3.04. The predicted molar refractivity (Wildman–Crippen MR) is 84.8 cm³/mol. The standard InChI is InChI=1S/C15H22N2O4S/c1-11-4-5-13(22(3,19)20)8-14(11)16-9-15(18)17-6-7-21-12(2)10-17/h4-5,8,12,16H,6-7,9-10H2,1-3H3/t12-/m1/s1. The molecule has 6 nitrogen and oxygen atoms in total. The van der Waals surface area contributed by atoms with E-state index in [2.05, 4.69) is 5.32 Å². The zero-order valence-electron chi connectivity index (χ0n) is 13.1. The Balaban J connectivity index is 2.03. The number of ether oxygens (including phenoxy) is 1. The molecule has 1 aromatic rings. The number of benzene rings is 1. The van der Waals surface area contributed by atoms with Crippen LogP contribution in [0.25, 0.3) is 0 Å². The molecular weight excluding hydrogens is 304 g/mol. The molecule has 0 saturated carbocycles. The Morgan fingerprint density at radius 1 is 1.45 bits per heavy atom. The van der Waals surface area contributed by atoms with E-state index in [1.54, 1.807) is 23.1 Å². The third kappa shape index (κ3) is 4.20. The Morgan fingerprint density at radius 2 is 2.18 bits per heavy atom. The summed E-state index contributed by atoms with van der Waals surface area (Å²) in [6.45, 7) is 5.68. The molecular formula is C15H22N2O4S. The Morgan fingerprint density at radius 3 is 2.82 bits per heavy atom. The molecule has 1 heterocycles. The van der Waals surface area contributed by atoms with Crippen LogP contribution in [0, 0.1) is 6.92 Å². The molecule has 22 heavy (non-hydrogen) atoms. The molecule has 1 fully saturated rings. The lowest BCUT2D eigenvalue weighted by Gasteiger charge is -2.31. The second kappa shape index (κ2) is 6.66. The molecule has 0 unspecified atom stereocenters. The van der Waals surface area contributed by atoms with Crippen molar-refractivity contribution in [1.82, 2.24) is 4.90 Å². The first-order valence-electron chi connectivity index (χ1n) is 7.21. The van der Waals surface area contributed by atoms with Crippen LogP contribution in [0.15, 0.2) is 23.1 Å². The largest absolute Gasteiger partial charge is 0.376 e. The number of anilines is 1. The van der Waals surface area contributed by atoms with Gasteiger partial charge in [-0.3, -0.25) is 4.79 Å². The number of amides is 1. The van der Waals surface area contributed by atoms with Gasteiger partial charge in [0.25, 0.3) is 0 Å². The number of sulfone groups is 1. The van der Waals surface area contributed by atoms with Gasteiger partial charge in [-0.15, -0.1) is 0 Å². The minimum absolute atomic E-state index is 0.0145. The van der Waals surface area contributed by atoms with Crippen molar-refractivity contribution < 1.29 is 17.9 Å². The van der Waals surface area contributed by atoms with Crippen molar-refractivity contribution in [1.29, 1.82) is 0 Å². The van der Waals surface area contributed by atoms with Crippen LogP contribution in [-0.2, 0) is 19.4 Å². The van der Waals surface area contributed by atoms with Gasteiger partial charge in [0, 0.05) is 25.0 Å². The van der Waals surface area contributed by atoms with E-state index < -0.39 is 9.84 Å². The molecule has 1 aromatic carbocycles. The van der Waals surface area contributed by atoms with Gasteiger partial charge in [0.2, 0.25) is 5.91 Å². The topological polar surface area (TPSA) is 75.7 Å². The summed E-state index contributed by atoms with van der Waals surface area (Å²) in [5.41, 5.74) is 1.56. The van der Waals surface area contributed by atoms with Crippen molar-refractivity contribution in [3.63, 3.8) is 0 Å². The highest BCUT2D eigenvalue weighted by atomic mass is 32.2. The molecule has 1 saturated heterocycles. The Bertz CT molecular complexity index is 658. The van der Waals surface area contributed by atoms with Crippen LogP contribution in [0.1, 0.15) is 12.5 Å². The molecule has 0 aromatic heterocycles. The molecule has 0 radical (unpaired) electrons. The molecule has 1 aliphatic rings.